The summed E-state index contributed by atoms with van der Waals surface area (Å²) >= 11 is 1.71. The minimum atomic E-state index is 0.0101. The first-order valence-electron chi connectivity index (χ1n) is 11.6. The summed E-state index contributed by atoms with van der Waals surface area (Å²) in [5, 5.41) is 1.42. The maximum absolute atomic E-state index is 6.23. The topological polar surface area (TPSA) is 21.6 Å². The molecule has 174 valence electrons. The Morgan fingerprint density at radius 3 is 2.33 bits per heavy atom. The fourth-order valence-electron chi connectivity index (χ4n) is 4.41. The van der Waals surface area contributed by atoms with Crippen LogP contribution < -0.4 is 10.0 Å². The minimum Gasteiger partial charge on any atom is -0.483 e. The van der Waals surface area contributed by atoms with Crippen LogP contribution in [0.15, 0.2) is 71.7 Å². The van der Waals surface area contributed by atoms with E-state index in [1.54, 1.807) is 11.8 Å². The van der Waals surface area contributed by atoms with Gasteiger partial charge in [-0.3, -0.25) is 4.99 Å². The van der Waals surface area contributed by atoms with E-state index in [4.69, 9.17) is 9.73 Å². The van der Waals surface area contributed by atoms with E-state index in [2.05, 4.69) is 101 Å². The lowest BCUT2D eigenvalue weighted by Crippen LogP contribution is -2.26. The molecule has 1 atom stereocenters. The number of hydrogen-bond acceptors (Lipinski definition) is 3. The van der Waals surface area contributed by atoms with Gasteiger partial charge >= 0.3 is 0 Å². The zero-order valence-corrected chi connectivity index (χ0v) is 22.6. The normalized spacial score (nSPS) is 12.5. The molecule has 3 rings (SSSR count). The predicted molar refractivity (Wildman–Crippen MR) is 150 cm³/mol. The molecule has 2 nitrogen and oxygen atoms in total. The van der Waals surface area contributed by atoms with Crippen LogP contribution in [0.1, 0.15) is 54.5 Å². The Morgan fingerprint density at radius 1 is 0.970 bits per heavy atom. The molecule has 0 aliphatic carbocycles. The second kappa shape index (κ2) is 11.9. The number of thioether (sulfide) groups is 1. The van der Waals surface area contributed by atoms with Crippen LogP contribution in [0, 0.1) is 13.8 Å². The molecule has 0 amide bonds. The van der Waals surface area contributed by atoms with Crippen molar-refractivity contribution in [3.05, 3.63) is 94.5 Å². The summed E-state index contributed by atoms with van der Waals surface area (Å²) in [6.45, 7) is 9.06. The van der Waals surface area contributed by atoms with Crippen molar-refractivity contribution in [2.45, 2.75) is 45.7 Å². The van der Waals surface area contributed by atoms with Crippen LogP contribution in [0.2, 0.25) is 0 Å². The highest BCUT2D eigenvalue weighted by Crippen LogP contribution is 2.51. The van der Waals surface area contributed by atoms with Crippen molar-refractivity contribution >= 4 is 31.4 Å². The molecule has 0 saturated heterocycles. The minimum absolute atomic E-state index is 0.0101. The molecule has 0 aliphatic rings. The van der Waals surface area contributed by atoms with Gasteiger partial charge in [-0.15, -0.1) is 11.8 Å². The molecule has 0 bridgehead atoms. The number of hydrogen-bond donors (Lipinski definition) is 0. The summed E-state index contributed by atoms with van der Waals surface area (Å²) in [5.41, 5.74) is 7.41. The Labute approximate surface area is 206 Å². The summed E-state index contributed by atoms with van der Waals surface area (Å²) in [7, 11) is 2.51. The van der Waals surface area contributed by atoms with Gasteiger partial charge < -0.3 is 4.74 Å². The zero-order valence-electron chi connectivity index (χ0n) is 20.7. The largest absolute Gasteiger partial charge is 0.483 e. The summed E-state index contributed by atoms with van der Waals surface area (Å²) in [4.78, 5) is 4.75. The predicted octanol–water partition coefficient (Wildman–Crippen LogP) is 7.49. The SMILES string of the molecule is CCC(CC)(Pc1c(C)cccc1C(=NC)c1ccccc1)c1cc(C)ccc1OCSC. The lowest BCUT2D eigenvalue weighted by molar-refractivity contribution is 0.379. The number of aryl methyl sites for hydroxylation is 2. The number of benzene rings is 3. The van der Waals surface area contributed by atoms with Crippen LogP contribution in [-0.2, 0) is 5.16 Å². The quantitative estimate of drug-likeness (QED) is 0.171. The fraction of sp³-hybridized carbons (Fsp3) is 0.345. The van der Waals surface area contributed by atoms with Crippen molar-refractivity contribution in [3.8, 4) is 5.75 Å². The van der Waals surface area contributed by atoms with Gasteiger partial charge in [0.2, 0.25) is 0 Å². The van der Waals surface area contributed by atoms with Crippen LogP contribution in [0.3, 0.4) is 0 Å². The highest BCUT2D eigenvalue weighted by atomic mass is 32.2. The second-order valence-electron chi connectivity index (χ2n) is 8.40. The van der Waals surface area contributed by atoms with Gasteiger partial charge in [-0.1, -0.05) is 88.7 Å². The molecule has 0 N–H and O–H groups in total. The van der Waals surface area contributed by atoms with Gasteiger partial charge in [0.25, 0.3) is 0 Å². The average molecular weight is 478 g/mol. The molecule has 0 radical (unpaired) electrons. The average Bonchev–Trinajstić information content (AvgIpc) is 2.84. The third kappa shape index (κ3) is 5.70. The lowest BCUT2D eigenvalue weighted by atomic mass is 9.90. The zero-order chi connectivity index (χ0) is 23.8. The number of aliphatic imine (C=N–C) groups is 1. The Balaban J connectivity index is 2.16. The molecule has 3 aromatic rings. The van der Waals surface area contributed by atoms with Gasteiger partial charge in [0.1, 0.15) is 11.7 Å². The smallest absolute Gasteiger partial charge is 0.133 e. The van der Waals surface area contributed by atoms with E-state index in [1.165, 1.54) is 27.6 Å². The van der Waals surface area contributed by atoms with E-state index in [9.17, 15) is 0 Å². The fourth-order valence-corrected chi connectivity index (χ4v) is 6.44. The first kappa shape index (κ1) is 25.5. The van der Waals surface area contributed by atoms with E-state index in [0.29, 0.717) is 14.5 Å². The highest BCUT2D eigenvalue weighted by molar-refractivity contribution is 7.98. The van der Waals surface area contributed by atoms with Crippen LogP contribution >= 0.6 is 20.3 Å². The van der Waals surface area contributed by atoms with E-state index < -0.39 is 0 Å². The number of ether oxygens (including phenoxy) is 1. The Kier molecular flexibility index (Phi) is 9.18. The van der Waals surface area contributed by atoms with Crippen LogP contribution in [0.25, 0.3) is 0 Å². The van der Waals surface area contributed by atoms with E-state index >= 15 is 0 Å². The molecule has 3 aromatic carbocycles. The summed E-state index contributed by atoms with van der Waals surface area (Å²) in [5.74, 6) is 1.69. The Bertz CT molecular complexity index is 1090. The third-order valence-corrected chi connectivity index (χ3v) is 9.08. The van der Waals surface area contributed by atoms with Crippen molar-refractivity contribution in [2.75, 3.05) is 19.2 Å². The maximum Gasteiger partial charge on any atom is 0.133 e. The molecule has 0 aliphatic heterocycles. The van der Waals surface area contributed by atoms with Crippen molar-refractivity contribution < 1.29 is 4.74 Å². The van der Waals surface area contributed by atoms with Gasteiger partial charge in [-0.25, -0.2) is 0 Å². The molecular formula is C29H36NOPS. The lowest BCUT2D eigenvalue weighted by Gasteiger charge is -2.35. The molecule has 0 heterocycles. The summed E-state index contributed by atoms with van der Waals surface area (Å²) in [6, 6.07) is 23.8. The van der Waals surface area contributed by atoms with Gasteiger partial charge in [-0.05, 0) is 49.9 Å². The second-order valence-corrected chi connectivity index (χ2v) is 10.9. The molecule has 1 unspecified atom stereocenters. The molecular weight excluding hydrogens is 441 g/mol. The highest BCUT2D eigenvalue weighted by Gasteiger charge is 2.34. The molecule has 0 fully saturated rings. The maximum atomic E-state index is 6.23. The van der Waals surface area contributed by atoms with Crippen LogP contribution in [0.5, 0.6) is 5.75 Å². The van der Waals surface area contributed by atoms with Crippen molar-refractivity contribution in [1.82, 2.24) is 0 Å². The molecule has 0 aromatic heterocycles. The summed E-state index contributed by atoms with van der Waals surface area (Å²) < 4.78 is 6.23. The van der Waals surface area contributed by atoms with Gasteiger partial charge in [0.05, 0.1) is 5.71 Å². The van der Waals surface area contributed by atoms with Crippen LogP contribution in [-0.4, -0.2) is 25.0 Å². The Hall–Kier alpha value is -2.09. The van der Waals surface area contributed by atoms with Gasteiger partial charge in [-0.2, -0.15) is 0 Å². The van der Waals surface area contributed by atoms with Crippen LogP contribution in [0.4, 0.5) is 0 Å². The standard InChI is InChI=1S/C29H36NOPS/c1-7-29(8-2,25-19-21(3)17-18-26(25)31-20-33-6)32-28-22(4)13-12-16-24(28)27(30-5)23-14-10-9-11-15-23/h9-19,32H,7-8,20H2,1-6H3. The van der Waals surface area contributed by atoms with Gasteiger partial charge in [0.15, 0.2) is 0 Å². The Morgan fingerprint density at radius 2 is 1.70 bits per heavy atom. The molecule has 0 saturated carbocycles. The van der Waals surface area contributed by atoms with Crippen molar-refractivity contribution in [3.63, 3.8) is 0 Å². The first-order valence-corrected chi connectivity index (χ1v) is 14.0. The molecule has 0 spiro atoms. The molecule has 33 heavy (non-hydrogen) atoms. The monoisotopic (exact) mass is 477 g/mol. The number of rotatable bonds is 10. The number of nitrogens with zero attached hydrogens (tertiary/aromatic N) is 1. The van der Waals surface area contributed by atoms with E-state index in [0.717, 1.165) is 29.9 Å². The first-order chi connectivity index (χ1) is 16.0. The summed E-state index contributed by atoms with van der Waals surface area (Å²) in [6.07, 6.45) is 4.19. The van der Waals surface area contributed by atoms with Crippen molar-refractivity contribution in [2.24, 2.45) is 4.99 Å². The van der Waals surface area contributed by atoms with E-state index in [1.807, 2.05) is 7.05 Å². The van der Waals surface area contributed by atoms with E-state index in [-0.39, 0.29) is 5.16 Å². The third-order valence-electron chi connectivity index (χ3n) is 6.35. The molecule has 4 heteroatoms. The van der Waals surface area contributed by atoms with Crippen molar-refractivity contribution in [1.29, 1.82) is 0 Å². The van der Waals surface area contributed by atoms with Gasteiger partial charge in [0, 0.05) is 28.9 Å².